The van der Waals surface area contributed by atoms with Crippen molar-refractivity contribution in [1.29, 1.82) is 0 Å². The van der Waals surface area contributed by atoms with Crippen LogP contribution in [-0.4, -0.2) is 36.5 Å². The van der Waals surface area contributed by atoms with Crippen molar-refractivity contribution in [2.45, 2.75) is 6.92 Å². The van der Waals surface area contributed by atoms with Crippen LogP contribution in [0.15, 0.2) is 64.6 Å². The first-order chi connectivity index (χ1) is 16.8. The van der Waals surface area contributed by atoms with Crippen molar-refractivity contribution >= 4 is 35.3 Å². The molecule has 3 aromatic rings. The summed E-state index contributed by atoms with van der Waals surface area (Å²) in [6, 6.07) is 12.5. The highest BCUT2D eigenvalue weighted by molar-refractivity contribution is 6.39. The molecule has 35 heavy (non-hydrogen) atoms. The van der Waals surface area contributed by atoms with Crippen LogP contribution >= 0.6 is 0 Å². The number of nitro groups is 1. The minimum Gasteiger partial charge on any atom is -0.497 e. The largest absolute Gasteiger partial charge is 0.497 e. The van der Waals surface area contributed by atoms with E-state index in [2.05, 4.69) is 5.32 Å². The monoisotopic (exact) mass is 477 g/mol. The average molecular weight is 477 g/mol. The Morgan fingerprint density at radius 3 is 2.43 bits per heavy atom. The lowest BCUT2D eigenvalue weighted by molar-refractivity contribution is -0.384. The summed E-state index contributed by atoms with van der Waals surface area (Å²) in [4.78, 5) is 49.6. The van der Waals surface area contributed by atoms with Gasteiger partial charge >= 0.3 is 6.03 Å². The third-order valence-electron chi connectivity index (χ3n) is 5.09. The molecule has 4 rings (SSSR count). The molecule has 0 unspecified atom stereocenters. The van der Waals surface area contributed by atoms with Crippen LogP contribution in [0.3, 0.4) is 0 Å². The number of carbonyl (C=O) groups excluding carboxylic acids is 3. The summed E-state index contributed by atoms with van der Waals surface area (Å²) in [5.41, 5.74) is -0.149. The van der Waals surface area contributed by atoms with E-state index in [9.17, 15) is 24.5 Å². The first kappa shape index (κ1) is 23.2. The number of anilines is 1. The smallest absolute Gasteiger partial charge is 0.335 e. The molecule has 0 spiro atoms. The summed E-state index contributed by atoms with van der Waals surface area (Å²) in [5.74, 6) is -0.644. The summed E-state index contributed by atoms with van der Waals surface area (Å²) < 4.78 is 16.1. The Morgan fingerprint density at radius 2 is 1.77 bits per heavy atom. The molecule has 1 aliphatic rings. The maximum absolute atomic E-state index is 13.0. The van der Waals surface area contributed by atoms with Crippen molar-refractivity contribution < 1.29 is 33.2 Å². The molecule has 0 atom stereocenters. The number of barbiturate groups is 1. The van der Waals surface area contributed by atoms with E-state index in [1.807, 2.05) is 0 Å². The van der Waals surface area contributed by atoms with Gasteiger partial charge in [-0.25, -0.2) is 9.69 Å². The number of imide groups is 2. The van der Waals surface area contributed by atoms with E-state index >= 15 is 0 Å². The van der Waals surface area contributed by atoms with Crippen LogP contribution in [0.1, 0.15) is 12.7 Å². The third-order valence-corrected chi connectivity index (χ3v) is 5.09. The second-order valence-corrected chi connectivity index (χ2v) is 7.23. The SMILES string of the molecule is CCOc1ccc(-c2ccc(C=C3C(=O)NC(=O)N(c4ccc(OC)cc4)C3=O)o2)c([N+](=O)[O-])c1. The fourth-order valence-corrected chi connectivity index (χ4v) is 3.47. The van der Waals surface area contributed by atoms with Gasteiger partial charge in [-0.15, -0.1) is 0 Å². The van der Waals surface area contributed by atoms with Crippen LogP contribution in [0.25, 0.3) is 17.4 Å². The number of nitro benzene ring substituents is 1. The third kappa shape index (κ3) is 4.60. The molecule has 0 radical (unpaired) electrons. The molecule has 1 aromatic heterocycles. The maximum atomic E-state index is 13.0. The van der Waals surface area contributed by atoms with Gasteiger partial charge < -0.3 is 13.9 Å². The summed E-state index contributed by atoms with van der Waals surface area (Å²) >= 11 is 0. The van der Waals surface area contributed by atoms with Gasteiger partial charge in [-0.3, -0.25) is 25.0 Å². The van der Waals surface area contributed by atoms with Gasteiger partial charge in [0.05, 0.1) is 36.0 Å². The molecular weight excluding hydrogens is 458 g/mol. The molecule has 0 aliphatic carbocycles. The Kier molecular flexibility index (Phi) is 6.32. The van der Waals surface area contributed by atoms with Crippen LogP contribution < -0.4 is 19.7 Å². The average Bonchev–Trinajstić information content (AvgIpc) is 3.31. The highest BCUT2D eigenvalue weighted by Crippen LogP contribution is 2.35. The van der Waals surface area contributed by atoms with Gasteiger partial charge in [-0.1, -0.05) is 0 Å². The lowest BCUT2D eigenvalue weighted by atomic mass is 10.1. The zero-order valence-corrected chi connectivity index (χ0v) is 18.6. The van der Waals surface area contributed by atoms with Crippen molar-refractivity contribution in [3.63, 3.8) is 0 Å². The number of hydrogen-bond acceptors (Lipinski definition) is 8. The van der Waals surface area contributed by atoms with E-state index in [1.165, 1.54) is 49.6 Å². The first-order valence-electron chi connectivity index (χ1n) is 10.4. The number of amides is 4. The van der Waals surface area contributed by atoms with Crippen LogP contribution in [0, 0.1) is 10.1 Å². The van der Waals surface area contributed by atoms with Crippen LogP contribution in [0.4, 0.5) is 16.2 Å². The second kappa shape index (κ2) is 9.51. The number of urea groups is 1. The van der Waals surface area contributed by atoms with Gasteiger partial charge in [0.2, 0.25) is 0 Å². The summed E-state index contributed by atoms with van der Waals surface area (Å²) in [6.07, 6.45) is 1.17. The van der Waals surface area contributed by atoms with Gasteiger partial charge in [-0.05, 0) is 61.5 Å². The number of hydrogen-bond donors (Lipinski definition) is 1. The fraction of sp³-hybridized carbons (Fsp3) is 0.125. The van der Waals surface area contributed by atoms with E-state index in [-0.39, 0.29) is 34.0 Å². The van der Waals surface area contributed by atoms with E-state index in [0.29, 0.717) is 18.1 Å². The minimum absolute atomic E-state index is 0.0886. The van der Waals surface area contributed by atoms with E-state index in [1.54, 1.807) is 25.1 Å². The van der Waals surface area contributed by atoms with Gasteiger partial charge in [-0.2, -0.15) is 0 Å². The van der Waals surface area contributed by atoms with Crippen LogP contribution in [-0.2, 0) is 9.59 Å². The van der Waals surface area contributed by atoms with Crippen molar-refractivity contribution in [3.05, 3.63) is 76.0 Å². The van der Waals surface area contributed by atoms with Crippen molar-refractivity contribution in [3.8, 4) is 22.8 Å². The standard InChI is InChI=1S/C24H19N3O8/c1-3-34-16-8-10-18(20(13-16)27(31)32)21-11-9-17(35-21)12-19-22(28)25-24(30)26(23(19)29)14-4-6-15(33-2)7-5-14/h4-13H,3H2,1-2H3,(H,25,28,30). The van der Waals surface area contributed by atoms with Crippen molar-refractivity contribution in [1.82, 2.24) is 5.32 Å². The number of carbonyl (C=O) groups is 3. The van der Waals surface area contributed by atoms with E-state index < -0.39 is 22.8 Å². The van der Waals surface area contributed by atoms with E-state index in [4.69, 9.17) is 13.9 Å². The van der Waals surface area contributed by atoms with Gasteiger partial charge in [0, 0.05) is 0 Å². The number of furan rings is 1. The Labute approximate surface area is 198 Å². The highest BCUT2D eigenvalue weighted by Gasteiger charge is 2.37. The normalized spacial score (nSPS) is 14.7. The molecule has 1 aliphatic heterocycles. The summed E-state index contributed by atoms with van der Waals surface area (Å²) in [7, 11) is 1.48. The lowest BCUT2D eigenvalue weighted by Gasteiger charge is -2.26. The molecule has 2 aromatic carbocycles. The molecule has 4 amide bonds. The van der Waals surface area contributed by atoms with Crippen LogP contribution in [0.2, 0.25) is 0 Å². The number of nitrogens with zero attached hydrogens (tertiary/aromatic N) is 2. The Balaban J connectivity index is 1.67. The topological polar surface area (TPSA) is 141 Å². The number of methoxy groups -OCH3 is 1. The summed E-state index contributed by atoms with van der Waals surface area (Å²) in [6.45, 7) is 2.11. The molecule has 0 bridgehead atoms. The Bertz CT molecular complexity index is 1360. The number of benzene rings is 2. The second-order valence-electron chi connectivity index (χ2n) is 7.23. The van der Waals surface area contributed by atoms with E-state index in [0.717, 1.165) is 4.90 Å². The molecule has 1 fully saturated rings. The minimum atomic E-state index is -0.896. The van der Waals surface area contributed by atoms with Gasteiger partial charge in [0.15, 0.2) is 0 Å². The molecule has 2 heterocycles. The molecule has 1 N–H and O–H groups in total. The lowest BCUT2D eigenvalue weighted by Crippen LogP contribution is -2.54. The Morgan fingerprint density at radius 1 is 1.06 bits per heavy atom. The zero-order valence-electron chi connectivity index (χ0n) is 18.6. The fourth-order valence-electron chi connectivity index (χ4n) is 3.47. The quantitative estimate of drug-likeness (QED) is 0.234. The predicted octanol–water partition coefficient (Wildman–Crippen LogP) is 3.93. The molecule has 1 saturated heterocycles. The number of rotatable bonds is 7. The summed E-state index contributed by atoms with van der Waals surface area (Å²) in [5, 5.41) is 13.7. The molecule has 178 valence electrons. The van der Waals surface area contributed by atoms with Gasteiger partial charge in [0.1, 0.15) is 28.6 Å². The number of ether oxygens (including phenoxy) is 2. The van der Waals surface area contributed by atoms with Crippen LogP contribution in [0.5, 0.6) is 11.5 Å². The Hall–Kier alpha value is -4.93. The first-order valence-corrected chi connectivity index (χ1v) is 10.4. The maximum Gasteiger partial charge on any atom is 0.335 e. The molecule has 11 nitrogen and oxygen atoms in total. The van der Waals surface area contributed by atoms with Gasteiger partial charge in [0.25, 0.3) is 17.5 Å². The number of nitrogens with one attached hydrogen (secondary N) is 1. The molecular formula is C24H19N3O8. The van der Waals surface area contributed by atoms with Crippen molar-refractivity contribution in [2.24, 2.45) is 0 Å². The highest BCUT2D eigenvalue weighted by atomic mass is 16.6. The zero-order chi connectivity index (χ0) is 25.1. The molecule has 0 saturated carbocycles. The molecule has 11 heteroatoms. The van der Waals surface area contributed by atoms with Crippen molar-refractivity contribution in [2.75, 3.05) is 18.6 Å². The predicted molar refractivity (Wildman–Crippen MR) is 124 cm³/mol.